The molecule has 6 nitrogen and oxygen atoms in total. The van der Waals surface area contributed by atoms with Gasteiger partial charge in [0.05, 0.1) is 11.8 Å². The minimum absolute atomic E-state index is 0. The summed E-state index contributed by atoms with van der Waals surface area (Å²) in [6.07, 6.45) is 2.05. The van der Waals surface area contributed by atoms with Crippen LogP contribution in [0.25, 0.3) is 0 Å². The van der Waals surface area contributed by atoms with Crippen molar-refractivity contribution in [2.24, 2.45) is 0 Å². The molecule has 0 bridgehead atoms. The van der Waals surface area contributed by atoms with Crippen LogP contribution in [0.1, 0.15) is 30.9 Å². The lowest BCUT2D eigenvalue weighted by atomic mass is 9.95. The molecule has 1 saturated heterocycles. The lowest BCUT2D eigenvalue weighted by Gasteiger charge is -2.33. The maximum absolute atomic E-state index is 12.5. The molecule has 0 saturated carbocycles. The van der Waals surface area contributed by atoms with Crippen LogP contribution in [-0.2, 0) is 27.8 Å². The van der Waals surface area contributed by atoms with E-state index in [0.717, 1.165) is 0 Å². The number of piperidine rings is 1. The second kappa shape index (κ2) is 8.49. The predicted octanol–water partition coefficient (Wildman–Crippen LogP) is 1.05. The Bertz CT molecular complexity index is 703. The van der Waals surface area contributed by atoms with Gasteiger partial charge in [-0.15, -0.1) is 12.4 Å². The summed E-state index contributed by atoms with van der Waals surface area (Å²) >= 11 is 0. The van der Waals surface area contributed by atoms with Gasteiger partial charge in [0.2, 0.25) is 15.9 Å². The van der Waals surface area contributed by atoms with E-state index in [0.29, 0.717) is 38.9 Å². The van der Waals surface area contributed by atoms with Gasteiger partial charge in [-0.2, -0.15) is 0 Å². The van der Waals surface area contributed by atoms with Crippen molar-refractivity contribution in [1.29, 1.82) is 0 Å². The SMILES string of the molecule is CCS(=O)(=O)N1CCC(NC(=O)C2Cc3ccccc3CN2)CC1.Cl. The molecule has 25 heavy (non-hydrogen) atoms. The molecule has 3 rings (SSSR count). The van der Waals surface area contributed by atoms with Crippen LogP contribution in [0, 0.1) is 0 Å². The summed E-state index contributed by atoms with van der Waals surface area (Å²) in [7, 11) is -3.12. The predicted molar refractivity (Wildman–Crippen MR) is 100 cm³/mol. The molecule has 1 unspecified atom stereocenters. The van der Waals surface area contributed by atoms with E-state index in [1.807, 2.05) is 12.1 Å². The van der Waals surface area contributed by atoms with Crippen LogP contribution in [0.5, 0.6) is 0 Å². The molecule has 0 spiro atoms. The number of carbonyl (C=O) groups excluding carboxylic acids is 1. The Morgan fingerprint density at radius 3 is 2.52 bits per heavy atom. The summed E-state index contributed by atoms with van der Waals surface area (Å²) in [5, 5.41) is 6.37. The molecule has 8 heteroatoms. The first-order chi connectivity index (χ1) is 11.5. The second-order valence-corrected chi connectivity index (χ2v) is 8.75. The van der Waals surface area contributed by atoms with Gasteiger partial charge in [-0.05, 0) is 37.3 Å². The fourth-order valence-corrected chi connectivity index (χ4v) is 4.53. The van der Waals surface area contributed by atoms with Crippen molar-refractivity contribution >= 4 is 28.3 Å². The number of halogens is 1. The largest absolute Gasteiger partial charge is 0.352 e. The highest BCUT2D eigenvalue weighted by Crippen LogP contribution is 2.18. The van der Waals surface area contributed by atoms with Crippen LogP contribution in [0.3, 0.4) is 0 Å². The zero-order valence-electron chi connectivity index (χ0n) is 14.4. The summed E-state index contributed by atoms with van der Waals surface area (Å²) < 4.78 is 25.3. The minimum Gasteiger partial charge on any atom is -0.352 e. The standard InChI is InChI=1S/C17H25N3O3S.ClH/c1-2-24(22,23)20-9-7-15(8-10-20)19-17(21)16-11-13-5-3-4-6-14(13)12-18-16;/h3-6,15-16,18H,2,7-12H2,1H3,(H,19,21);1H. The smallest absolute Gasteiger partial charge is 0.237 e. The van der Waals surface area contributed by atoms with Crippen LogP contribution in [0.4, 0.5) is 0 Å². The van der Waals surface area contributed by atoms with Gasteiger partial charge in [0.1, 0.15) is 0 Å². The first-order valence-corrected chi connectivity index (χ1v) is 10.2. The molecule has 0 aromatic heterocycles. The van der Waals surface area contributed by atoms with Crippen molar-refractivity contribution in [3.63, 3.8) is 0 Å². The molecule has 2 N–H and O–H groups in total. The fourth-order valence-electron chi connectivity index (χ4n) is 3.40. The first-order valence-electron chi connectivity index (χ1n) is 8.58. The summed E-state index contributed by atoms with van der Waals surface area (Å²) in [6.45, 7) is 3.35. The molecule has 1 aromatic rings. The number of hydrogen-bond donors (Lipinski definition) is 2. The molecule has 1 atom stereocenters. The first kappa shape index (κ1) is 20.2. The molecule has 1 aromatic carbocycles. The van der Waals surface area contributed by atoms with Crippen LogP contribution >= 0.6 is 12.4 Å². The second-order valence-electron chi connectivity index (χ2n) is 6.49. The Hall–Kier alpha value is -1.15. The maximum atomic E-state index is 12.5. The molecule has 2 aliphatic rings. The topological polar surface area (TPSA) is 78.5 Å². The number of amides is 1. The number of hydrogen-bond acceptors (Lipinski definition) is 4. The van der Waals surface area contributed by atoms with Crippen LogP contribution < -0.4 is 10.6 Å². The van der Waals surface area contributed by atoms with E-state index in [-0.39, 0.29) is 36.2 Å². The third-order valence-corrected chi connectivity index (χ3v) is 6.84. The van der Waals surface area contributed by atoms with Crippen LogP contribution in [-0.4, -0.2) is 49.6 Å². The van der Waals surface area contributed by atoms with Crippen molar-refractivity contribution in [2.45, 2.75) is 44.8 Å². The third kappa shape index (κ3) is 4.73. The van der Waals surface area contributed by atoms with E-state index >= 15 is 0 Å². The molecule has 140 valence electrons. The number of rotatable bonds is 4. The molecule has 1 amide bonds. The lowest BCUT2D eigenvalue weighted by molar-refractivity contribution is -0.124. The van der Waals surface area contributed by atoms with Crippen molar-refractivity contribution in [3.8, 4) is 0 Å². The molecule has 0 aliphatic carbocycles. The summed E-state index contributed by atoms with van der Waals surface area (Å²) in [6, 6.07) is 8.02. The maximum Gasteiger partial charge on any atom is 0.237 e. The van der Waals surface area contributed by atoms with Crippen molar-refractivity contribution in [2.75, 3.05) is 18.8 Å². The molecule has 2 aliphatic heterocycles. The van der Waals surface area contributed by atoms with E-state index in [4.69, 9.17) is 0 Å². The lowest BCUT2D eigenvalue weighted by Crippen LogP contribution is -2.53. The number of fused-ring (bicyclic) bond motifs is 1. The number of sulfonamides is 1. The minimum atomic E-state index is -3.12. The van der Waals surface area contributed by atoms with Crippen molar-refractivity contribution in [1.82, 2.24) is 14.9 Å². The van der Waals surface area contributed by atoms with E-state index in [2.05, 4.69) is 22.8 Å². The van der Waals surface area contributed by atoms with Crippen molar-refractivity contribution in [3.05, 3.63) is 35.4 Å². The Morgan fingerprint density at radius 2 is 1.88 bits per heavy atom. The highest BCUT2D eigenvalue weighted by atomic mass is 35.5. The van der Waals surface area contributed by atoms with Gasteiger partial charge < -0.3 is 10.6 Å². The van der Waals surface area contributed by atoms with E-state index < -0.39 is 10.0 Å². The number of carbonyl (C=O) groups is 1. The molecular weight excluding hydrogens is 362 g/mol. The average molecular weight is 388 g/mol. The highest BCUT2D eigenvalue weighted by molar-refractivity contribution is 7.89. The number of nitrogens with one attached hydrogen (secondary N) is 2. The van der Waals surface area contributed by atoms with E-state index in [1.165, 1.54) is 15.4 Å². The fraction of sp³-hybridized carbons (Fsp3) is 0.588. The van der Waals surface area contributed by atoms with Gasteiger partial charge in [-0.1, -0.05) is 24.3 Å². The van der Waals surface area contributed by atoms with E-state index in [1.54, 1.807) is 6.92 Å². The quantitative estimate of drug-likeness (QED) is 0.809. The molecule has 2 heterocycles. The van der Waals surface area contributed by atoms with Crippen molar-refractivity contribution < 1.29 is 13.2 Å². The van der Waals surface area contributed by atoms with Gasteiger partial charge in [0.15, 0.2) is 0 Å². The zero-order valence-corrected chi connectivity index (χ0v) is 16.0. The number of nitrogens with zero attached hydrogens (tertiary/aromatic N) is 1. The van der Waals surface area contributed by atoms with E-state index in [9.17, 15) is 13.2 Å². The Morgan fingerprint density at radius 1 is 1.24 bits per heavy atom. The monoisotopic (exact) mass is 387 g/mol. The normalized spacial score (nSPS) is 21.9. The number of benzene rings is 1. The Labute approximate surface area is 155 Å². The van der Waals surface area contributed by atoms with Gasteiger partial charge >= 0.3 is 0 Å². The summed E-state index contributed by atoms with van der Waals surface area (Å²) in [5.74, 6) is 0.149. The molecule has 0 radical (unpaired) electrons. The third-order valence-electron chi connectivity index (χ3n) is 4.96. The molecule has 1 fully saturated rings. The van der Waals surface area contributed by atoms with Gasteiger partial charge in [0.25, 0.3) is 0 Å². The van der Waals surface area contributed by atoms with Crippen LogP contribution in [0.2, 0.25) is 0 Å². The van der Waals surface area contributed by atoms with Gasteiger partial charge in [-0.3, -0.25) is 4.79 Å². The molecular formula is C17H26ClN3O3S. The zero-order chi connectivity index (χ0) is 17.2. The Balaban J connectivity index is 0.00000225. The van der Waals surface area contributed by atoms with Gasteiger partial charge in [0, 0.05) is 25.7 Å². The highest BCUT2D eigenvalue weighted by Gasteiger charge is 2.30. The van der Waals surface area contributed by atoms with Gasteiger partial charge in [-0.25, -0.2) is 12.7 Å². The summed E-state index contributed by atoms with van der Waals surface area (Å²) in [4.78, 5) is 12.5. The Kier molecular flexibility index (Phi) is 6.85. The average Bonchev–Trinajstić information content (AvgIpc) is 2.61. The summed E-state index contributed by atoms with van der Waals surface area (Å²) in [5.41, 5.74) is 2.47. The van der Waals surface area contributed by atoms with Crippen LogP contribution in [0.15, 0.2) is 24.3 Å².